The third kappa shape index (κ3) is 3.02. The molecule has 2 N–H and O–H groups in total. The van der Waals surface area contributed by atoms with Crippen molar-refractivity contribution in [1.29, 1.82) is 0 Å². The molecule has 0 saturated heterocycles. The predicted octanol–water partition coefficient (Wildman–Crippen LogP) is 0.514. The summed E-state index contributed by atoms with van der Waals surface area (Å²) >= 11 is 0. The van der Waals surface area contributed by atoms with Crippen molar-refractivity contribution in [3.8, 4) is 0 Å². The largest absolute Gasteiger partial charge is 0.391 e. The van der Waals surface area contributed by atoms with Crippen molar-refractivity contribution < 1.29 is 5.11 Å². The van der Waals surface area contributed by atoms with Gasteiger partial charge in [0.25, 0.3) is 0 Å². The van der Waals surface area contributed by atoms with Crippen molar-refractivity contribution in [2.24, 2.45) is 0 Å². The smallest absolute Gasteiger partial charge is 0.138 e. The van der Waals surface area contributed by atoms with E-state index in [-0.39, 0.29) is 6.10 Å². The first-order valence-electron chi connectivity index (χ1n) is 5.96. The molecule has 1 unspecified atom stereocenters. The van der Waals surface area contributed by atoms with Crippen molar-refractivity contribution in [1.82, 2.24) is 20.1 Å². The average Bonchev–Trinajstić information content (AvgIpc) is 2.95. The quantitative estimate of drug-likeness (QED) is 0.739. The highest BCUT2D eigenvalue weighted by Gasteiger charge is 2.22. The Morgan fingerprint density at radius 3 is 2.94 bits per heavy atom. The van der Waals surface area contributed by atoms with Crippen LogP contribution in [0.3, 0.4) is 0 Å². The van der Waals surface area contributed by atoms with Crippen LogP contribution in [0, 0.1) is 0 Å². The molecular formula is C11H20N4O. The Morgan fingerprint density at radius 2 is 2.31 bits per heavy atom. The lowest BCUT2D eigenvalue weighted by atomic mass is 10.2. The predicted molar refractivity (Wildman–Crippen MR) is 61.1 cm³/mol. The van der Waals surface area contributed by atoms with Gasteiger partial charge in [-0.1, -0.05) is 0 Å². The molecule has 5 heteroatoms. The lowest BCUT2D eigenvalue weighted by molar-refractivity contribution is 0.166. The molecule has 1 aliphatic rings. The minimum atomic E-state index is -0.373. The monoisotopic (exact) mass is 224 g/mol. The van der Waals surface area contributed by atoms with E-state index >= 15 is 0 Å². The minimum absolute atomic E-state index is 0.293. The van der Waals surface area contributed by atoms with Crippen LogP contribution >= 0.6 is 0 Å². The molecule has 2 rings (SSSR count). The van der Waals surface area contributed by atoms with Crippen molar-refractivity contribution >= 4 is 0 Å². The maximum Gasteiger partial charge on any atom is 0.138 e. The highest BCUT2D eigenvalue weighted by Crippen LogP contribution is 2.18. The van der Waals surface area contributed by atoms with E-state index in [1.165, 1.54) is 12.8 Å². The highest BCUT2D eigenvalue weighted by molar-refractivity contribution is 4.90. The fourth-order valence-corrected chi connectivity index (χ4v) is 1.72. The minimum Gasteiger partial charge on any atom is -0.391 e. The van der Waals surface area contributed by atoms with E-state index in [9.17, 15) is 5.11 Å². The highest BCUT2D eigenvalue weighted by atomic mass is 16.3. The number of rotatable bonds is 6. The van der Waals surface area contributed by atoms with Crippen LogP contribution in [0.15, 0.2) is 6.33 Å². The second-order valence-corrected chi connectivity index (χ2v) is 4.76. The molecule has 90 valence electrons. The van der Waals surface area contributed by atoms with Crippen LogP contribution in [-0.2, 0) is 6.42 Å². The van der Waals surface area contributed by atoms with E-state index in [0.29, 0.717) is 25.0 Å². The van der Waals surface area contributed by atoms with Gasteiger partial charge in [0.2, 0.25) is 0 Å². The van der Waals surface area contributed by atoms with E-state index < -0.39 is 0 Å². The third-order valence-electron chi connectivity index (χ3n) is 2.77. The Kier molecular flexibility index (Phi) is 3.56. The maximum atomic E-state index is 9.86. The van der Waals surface area contributed by atoms with Crippen molar-refractivity contribution in [3.63, 3.8) is 0 Å². The summed E-state index contributed by atoms with van der Waals surface area (Å²) in [4.78, 5) is 4.18. The Bertz CT molecular complexity index is 332. The van der Waals surface area contributed by atoms with Gasteiger partial charge >= 0.3 is 0 Å². The molecule has 1 heterocycles. The van der Waals surface area contributed by atoms with Gasteiger partial charge in [0.15, 0.2) is 0 Å². The number of aliphatic hydroxyl groups is 1. The van der Waals surface area contributed by atoms with Crippen molar-refractivity contribution in [2.75, 3.05) is 6.54 Å². The molecule has 1 saturated carbocycles. The second kappa shape index (κ2) is 4.93. The lowest BCUT2D eigenvalue weighted by Crippen LogP contribution is -2.30. The summed E-state index contributed by atoms with van der Waals surface area (Å²) in [5.41, 5.74) is 0. The fourth-order valence-electron chi connectivity index (χ4n) is 1.72. The Hall–Kier alpha value is -0.940. The first kappa shape index (κ1) is 11.5. The van der Waals surface area contributed by atoms with E-state index in [2.05, 4.69) is 29.2 Å². The zero-order chi connectivity index (χ0) is 11.5. The molecule has 0 aromatic carbocycles. The normalized spacial score (nSPS) is 18.0. The molecule has 0 amide bonds. The standard InChI is InChI=1S/C11H20N4O/c1-8(2)15-11(13-7-14-15)5-10(16)6-12-9-3-4-9/h7-10,12,16H,3-6H2,1-2H3. The molecule has 1 aromatic heterocycles. The second-order valence-electron chi connectivity index (χ2n) is 4.76. The third-order valence-corrected chi connectivity index (χ3v) is 2.77. The number of nitrogens with one attached hydrogen (secondary N) is 1. The van der Waals surface area contributed by atoms with Crippen LogP contribution in [0.2, 0.25) is 0 Å². The van der Waals surface area contributed by atoms with E-state index in [1.54, 1.807) is 6.33 Å². The van der Waals surface area contributed by atoms with Gasteiger partial charge in [0.1, 0.15) is 12.2 Å². The molecule has 0 aliphatic heterocycles. The van der Waals surface area contributed by atoms with Crippen molar-refractivity contribution in [2.45, 2.75) is 51.3 Å². The molecule has 1 aromatic rings. The van der Waals surface area contributed by atoms with Gasteiger partial charge in [-0.05, 0) is 26.7 Å². The number of hydrogen-bond donors (Lipinski definition) is 2. The molecule has 0 spiro atoms. The zero-order valence-corrected chi connectivity index (χ0v) is 9.93. The first-order valence-corrected chi connectivity index (χ1v) is 5.96. The maximum absolute atomic E-state index is 9.86. The summed E-state index contributed by atoms with van der Waals surface area (Å²) in [7, 11) is 0. The SMILES string of the molecule is CC(C)n1ncnc1CC(O)CNC1CC1. The summed E-state index contributed by atoms with van der Waals surface area (Å²) < 4.78 is 1.86. The van der Waals surface area contributed by atoms with Gasteiger partial charge in [-0.3, -0.25) is 0 Å². The van der Waals surface area contributed by atoms with Crippen LogP contribution < -0.4 is 5.32 Å². The van der Waals surface area contributed by atoms with E-state index in [4.69, 9.17) is 0 Å². The topological polar surface area (TPSA) is 63.0 Å². The zero-order valence-electron chi connectivity index (χ0n) is 9.93. The average molecular weight is 224 g/mol. The van der Waals surface area contributed by atoms with E-state index in [1.807, 2.05) is 4.68 Å². The Morgan fingerprint density at radius 1 is 1.56 bits per heavy atom. The van der Waals surface area contributed by atoms with Gasteiger partial charge in [-0.2, -0.15) is 5.10 Å². The summed E-state index contributed by atoms with van der Waals surface area (Å²) in [6.07, 6.45) is 4.24. The summed E-state index contributed by atoms with van der Waals surface area (Å²) in [6, 6.07) is 0.929. The summed E-state index contributed by atoms with van der Waals surface area (Å²) in [5, 5.41) is 17.3. The lowest BCUT2D eigenvalue weighted by Gasteiger charge is -2.13. The molecule has 16 heavy (non-hydrogen) atoms. The molecule has 5 nitrogen and oxygen atoms in total. The molecule has 1 fully saturated rings. The van der Waals surface area contributed by atoms with Crippen molar-refractivity contribution in [3.05, 3.63) is 12.2 Å². The Balaban J connectivity index is 1.83. The van der Waals surface area contributed by atoms with E-state index in [0.717, 1.165) is 5.82 Å². The van der Waals surface area contributed by atoms with Gasteiger partial charge in [-0.25, -0.2) is 9.67 Å². The van der Waals surface area contributed by atoms with Gasteiger partial charge in [0.05, 0.1) is 6.10 Å². The van der Waals surface area contributed by atoms with Gasteiger partial charge < -0.3 is 10.4 Å². The molecular weight excluding hydrogens is 204 g/mol. The molecule has 0 radical (unpaired) electrons. The number of aliphatic hydroxyl groups excluding tert-OH is 1. The van der Waals surface area contributed by atoms with Crippen LogP contribution in [-0.4, -0.2) is 38.6 Å². The van der Waals surface area contributed by atoms with Gasteiger partial charge in [-0.15, -0.1) is 0 Å². The fraction of sp³-hybridized carbons (Fsp3) is 0.818. The molecule has 1 atom stereocenters. The van der Waals surface area contributed by atoms with Crippen LogP contribution in [0.25, 0.3) is 0 Å². The van der Waals surface area contributed by atoms with Gasteiger partial charge in [0, 0.05) is 25.0 Å². The Labute approximate surface area is 95.9 Å². The summed E-state index contributed by atoms with van der Waals surface area (Å²) in [5.74, 6) is 0.861. The van der Waals surface area contributed by atoms with Crippen LogP contribution in [0.1, 0.15) is 38.6 Å². The van der Waals surface area contributed by atoms with Crippen LogP contribution in [0.5, 0.6) is 0 Å². The number of aromatic nitrogens is 3. The molecule has 0 bridgehead atoms. The number of nitrogens with zero attached hydrogens (tertiary/aromatic N) is 3. The molecule has 1 aliphatic carbocycles. The summed E-state index contributed by atoms with van der Waals surface area (Å²) in [6.45, 7) is 4.77. The first-order chi connectivity index (χ1) is 7.66. The van der Waals surface area contributed by atoms with Crippen LogP contribution in [0.4, 0.5) is 0 Å². The number of hydrogen-bond acceptors (Lipinski definition) is 4.